The Kier molecular flexibility index (Phi) is 7.92. The van der Waals surface area contributed by atoms with E-state index in [-0.39, 0.29) is 11.1 Å². The van der Waals surface area contributed by atoms with E-state index in [0.717, 1.165) is 18.5 Å². The van der Waals surface area contributed by atoms with Crippen LogP contribution in [-0.4, -0.2) is 23.7 Å². The first-order valence-corrected chi connectivity index (χ1v) is 7.36. The molecule has 23 heavy (non-hydrogen) atoms. The van der Waals surface area contributed by atoms with Crippen LogP contribution in [0, 0.1) is 0 Å². The number of anilines is 1. The van der Waals surface area contributed by atoms with Gasteiger partial charge in [0.05, 0.1) is 17.7 Å². The zero-order valence-corrected chi connectivity index (χ0v) is 13.1. The molecule has 0 aliphatic heterocycles. The van der Waals surface area contributed by atoms with Crippen LogP contribution in [0.5, 0.6) is 0 Å². The lowest BCUT2D eigenvalue weighted by Crippen LogP contribution is -2.12. The molecule has 0 saturated carbocycles. The lowest BCUT2D eigenvalue weighted by Gasteiger charge is -2.06. The number of carbonyl (C=O) groups excluding carboxylic acids is 1. The maximum absolute atomic E-state index is 11.6. The van der Waals surface area contributed by atoms with Crippen LogP contribution in [0.2, 0.25) is 0 Å². The highest BCUT2D eigenvalue weighted by Gasteiger charge is 2.16. The van der Waals surface area contributed by atoms with Crippen molar-refractivity contribution in [3.8, 4) is 0 Å². The molecule has 0 fully saturated rings. The quantitative estimate of drug-likeness (QED) is 0.500. The first-order chi connectivity index (χ1) is 11.1. The number of ether oxygens (including phenoxy) is 1. The number of carboxylic acid groups (broad SMARTS) is 1. The van der Waals surface area contributed by atoms with E-state index in [9.17, 15) is 9.59 Å². The van der Waals surface area contributed by atoms with Crippen LogP contribution in [0.4, 0.5) is 5.69 Å². The van der Waals surface area contributed by atoms with Crippen molar-refractivity contribution in [3.05, 3.63) is 65.7 Å². The molecule has 2 rings (SSSR count). The standard InChI is InChI=1S/C12H14O4.C6H7N/c1-2-3-8-16-12(15)10-7-5-4-6-9(10)11(13)14;7-6-4-2-1-3-5-6/h4-7H,2-3,8H2,1H3,(H,13,14);1-5H,7H2. The number of nitrogen functional groups attached to an aromatic ring is 1. The lowest BCUT2D eigenvalue weighted by molar-refractivity contribution is 0.0489. The largest absolute Gasteiger partial charge is 0.478 e. The van der Waals surface area contributed by atoms with Crippen molar-refractivity contribution < 1.29 is 19.4 Å². The number of carbonyl (C=O) groups is 2. The molecule has 0 amide bonds. The fourth-order valence-electron chi connectivity index (χ4n) is 1.69. The summed E-state index contributed by atoms with van der Waals surface area (Å²) in [5.74, 6) is -1.70. The van der Waals surface area contributed by atoms with E-state index in [1.165, 1.54) is 12.1 Å². The number of para-hydroxylation sites is 1. The minimum absolute atomic E-state index is 0.0241. The van der Waals surface area contributed by atoms with E-state index < -0.39 is 11.9 Å². The molecule has 0 aliphatic carbocycles. The van der Waals surface area contributed by atoms with Gasteiger partial charge in [-0.15, -0.1) is 0 Å². The van der Waals surface area contributed by atoms with Gasteiger partial charge in [0.2, 0.25) is 0 Å². The topological polar surface area (TPSA) is 89.6 Å². The second-order valence-electron chi connectivity index (χ2n) is 4.75. The Balaban J connectivity index is 0.000000313. The third-order valence-electron chi connectivity index (χ3n) is 2.91. The summed E-state index contributed by atoms with van der Waals surface area (Å²) in [7, 11) is 0. The number of benzene rings is 2. The molecule has 122 valence electrons. The van der Waals surface area contributed by atoms with Crippen LogP contribution in [0.1, 0.15) is 40.5 Å². The maximum atomic E-state index is 11.6. The second kappa shape index (κ2) is 10.00. The van der Waals surface area contributed by atoms with Crippen LogP contribution in [0.3, 0.4) is 0 Å². The van der Waals surface area contributed by atoms with Crippen LogP contribution >= 0.6 is 0 Å². The molecule has 0 bridgehead atoms. The third kappa shape index (κ3) is 6.65. The first-order valence-electron chi connectivity index (χ1n) is 7.36. The van der Waals surface area contributed by atoms with Crippen molar-refractivity contribution in [1.82, 2.24) is 0 Å². The molecule has 3 N–H and O–H groups in total. The fraction of sp³-hybridized carbons (Fsp3) is 0.222. The van der Waals surface area contributed by atoms with Crippen LogP contribution in [0.15, 0.2) is 54.6 Å². The number of rotatable bonds is 5. The first kappa shape index (κ1) is 18.2. The molecule has 2 aromatic carbocycles. The number of hydrogen-bond acceptors (Lipinski definition) is 4. The van der Waals surface area contributed by atoms with Crippen molar-refractivity contribution in [2.24, 2.45) is 0 Å². The van der Waals surface area contributed by atoms with Gasteiger partial charge in [-0.05, 0) is 30.7 Å². The minimum Gasteiger partial charge on any atom is -0.478 e. The van der Waals surface area contributed by atoms with E-state index in [4.69, 9.17) is 15.6 Å². The van der Waals surface area contributed by atoms with Crippen LogP contribution < -0.4 is 5.73 Å². The summed E-state index contributed by atoms with van der Waals surface area (Å²) in [4.78, 5) is 22.4. The Bertz CT molecular complexity index is 626. The summed E-state index contributed by atoms with van der Waals surface area (Å²) in [6.45, 7) is 2.31. The molecule has 0 atom stereocenters. The van der Waals surface area contributed by atoms with Gasteiger partial charge in [-0.2, -0.15) is 0 Å². The van der Waals surface area contributed by atoms with Crippen LogP contribution in [-0.2, 0) is 4.74 Å². The number of carboxylic acids is 1. The molecule has 0 spiro atoms. The van der Waals surface area contributed by atoms with E-state index in [0.29, 0.717) is 6.61 Å². The van der Waals surface area contributed by atoms with Crippen molar-refractivity contribution in [2.75, 3.05) is 12.3 Å². The van der Waals surface area contributed by atoms with Crippen LogP contribution in [0.25, 0.3) is 0 Å². The third-order valence-corrected chi connectivity index (χ3v) is 2.91. The summed E-state index contributed by atoms with van der Waals surface area (Å²) in [6.07, 6.45) is 1.70. The number of nitrogens with two attached hydrogens (primary N) is 1. The van der Waals surface area contributed by atoms with Gasteiger partial charge in [-0.3, -0.25) is 0 Å². The van der Waals surface area contributed by atoms with Crippen molar-refractivity contribution >= 4 is 17.6 Å². The molecule has 0 aromatic heterocycles. The van der Waals surface area contributed by atoms with Crippen molar-refractivity contribution in [2.45, 2.75) is 19.8 Å². The van der Waals surface area contributed by atoms with E-state index >= 15 is 0 Å². The number of aromatic carboxylic acids is 1. The normalized spacial score (nSPS) is 9.43. The molecule has 0 heterocycles. The van der Waals surface area contributed by atoms with Gasteiger partial charge in [0.15, 0.2) is 0 Å². The summed E-state index contributed by atoms with van der Waals surface area (Å²) in [6, 6.07) is 15.5. The van der Waals surface area contributed by atoms with Gasteiger partial charge in [0.25, 0.3) is 0 Å². The number of esters is 1. The monoisotopic (exact) mass is 315 g/mol. The average molecular weight is 315 g/mol. The molecule has 5 heteroatoms. The zero-order valence-electron chi connectivity index (χ0n) is 13.1. The summed E-state index contributed by atoms with van der Waals surface area (Å²) < 4.78 is 4.96. The molecule has 5 nitrogen and oxygen atoms in total. The predicted octanol–water partition coefficient (Wildman–Crippen LogP) is 3.61. The Morgan fingerprint density at radius 2 is 1.57 bits per heavy atom. The molecular formula is C18H21NO4. The SMILES string of the molecule is CCCCOC(=O)c1ccccc1C(=O)O.Nc1ccccc1. The van der Waals surface area contributed by atoms with Gasteiger partial charge in [0, 0.05) is 5.69 Å². The molecule has 0 radical (unpaired) electrons. The summed E-state index contributed by atoms with van der Waals surface area (Å²) in [5.41, 5.74) is 6.26. The van der Waals surface area contributed by atoms with Crippen molar-refractivity contribution in [3.63, 3.8) is 0 Å². The minimum atomic E-state index is -1.12. The fourth-order valence-corrected chi connectivity index (χ4v) is 1.69. The molecule has 0 aliphatic rings. The summed E-state index contributed by atoms with van der Waals surface area (Å²) >= 11 is 0. The molecule has 0 unspecified atom stereocenters. The highest BCUT2D eigenvalue weighted by Crippen LogP contribution is 2.10. The smallest absolute Gasteiger partial charge is 0.339 e. The Morgan fingerprint density at radius 3 is 2.04 bits per heavy atom. The predicted molar refractivity (Wildman–Crippen MR) is 89.4 cm³/mol. The second-order valence-corrected chi connectivity index (χ2v) is 4.75. The Hall–Kier alpha value is -2.82. The van der Waals surface area contributed by atoms with Gasteiger partial charge >= 0.3 is 11.9 Å². The highest BCUT2D eigenvalue weighted by molar-refractivity contribution is 6.02. The summed E-state index contributed by atoms with van der Waals surface area (Å²) in [5, 5.41) is 8.88. The Morgan fingerprint density at radius 1 is 1.00 bits per heavy atom. The van der Waals surface area contributed by atoms with Gasteiger partial charge in [-0.1, -0.05) is 43.7 Å². The Labute approximate surface area is 135 Å². The number of hydrogen-bond donors (Lipinski definition) is 2. The van der Waals surface area contributed by atoms with Gasteiger partial charge in [0.1, 0.15) is 0 Å². The van der Waals surface area contributed by atoms with E-state index in [1.807, 2.05) is 37.3 Å². The molecule has 2 aromatic rings. The van der Waals surface area contributed by atoms with Gasteiger partial charge in [-0.25, -0.2) is 9.59 Å². The van der Waals surface area contributed by atoms with E-state index in [1.54, 1.807) is 12.1 Å². The highest BCUT2D eigenvalue weighted by atomic mass is 16.5. The molecule has 0 saturated heterocycles. The van der Waals surface area contributed by atoms with Crippen molar-refractivity contribution in [1.29, 1.82) is 0 Å². The zero-order chi connectivity index (χ0) is 17.1. The van der Waals surface area contributed by atoms with E-state index in [2.05, 4.69) is 0 Å². The maximum Gasteiger partial charge on any atom is 0.339 e. The molecular weight excluding hydrogens is 294 g/mol. The van der Waals surface area contributed by atoms with Gasteiger partial charge < -0.3 is 15.6 Å². The number of unbranched alkanes of at least 4 members (excludes halogenated alkanes) is 1. The average Bonchev–Trinajstić information content (AvgIpc) is 2.56. The lowest BCUT2D eigenvalue weighted by atomic mass is 10.1.